The predicted octanol–water partition coefficient (Wildman–Crippen LogP) is 4.00. The monoisotopic (exact) mass is 394 g/mol. The first-order valence-corrected chi connectivity index (χ1v) is 7.84. The molecule has 1 aromatic heterocycles. The zero-order valence-electron chi connectivity index (χ0n) is 14.4. The number of ether oxygens (including phenoxy) is 3. The minimum Gasteiger partial charge on any atom is -0.496 e. The van der Waals surface area contributed by atoms with Crippen LogP contribution in [0.25, 0.3) is 11.4 Å². The van der Waals surface area contributed by atoms with Crippen molar-refractivity contribution < 1.29 is 36.7 Å². The van der Waals surface area contributed by atoms with Crippen molar-refractivity contribution in [2.45, 2.75) is 13.0 Å². The first-order chi connectivity index (χ1) is 13.4. The highest BCUT2D eigenvalue weighted by Crippen LogP contribution is 2.25. The summed E-state index contributed by atoms with van der Waals surface area (Å²) in [6.45, 7) is -0.279. The van der Waals surface area contributed by atoms with Crippen LogP contribution in [0.2, 0.25) is 0 Å². The Morgan fingerprint density at radius 3 is 2.50 bits per heavy atom. The Labute approximate surface area is 156 Å². The van der Waals surface area contributed by atoms with E-state index >= 15 is 0 Å². The molecule has 7 nitrogen and oxygen atoms in total. The molecule has 0 fully saturated rings. The van der Waals surface area contributed by atoms with E-state index in [4.69, 9.17) is 14.0 Å². The normalized spacial score (nSPS) is 11.1. The van der Waals surface area contributed by atoms with Gasteiger partial charge in [-0.15, -0.1) is 13.2 Å². The van der Waals surface area contributed by atoms with E-state index in [1.807, 2.05) is 0 Å². The van der Waals surface area contributed by atoms with Crippen LogP contribution in [0.5, 0.6) is 11.5 Å². The minimum atomic E-state index is -4.77. The molecule has 0 saturated heterocycles. The summed E-state index contributed by atoms with van der Waals surface area (Å²) in [5.41, 5.74) is 0.644. The third-order valence-electron chi connectivity index (χ3n) is 3.47. The van der Waals surface area contributed by atoms with Crippen molar-refractivity contribution in [2.75, 3.05) is 7.11 Å². The van der Waals surface area contributed by atoms with Gasteiger partial charge in [0.05, 0.1) is 7.11 Å². The molecule has 0 atom stereocenters. The van der Waals surface area contributed by atoms with E-state index in [1.54, 1.807) is 24.3 Å². The van der Waals surface area contributed by atoms with E-state index in [-0.39, 0.29) is 29.6 Å². The highest BCUT2D eigenvalue weighted by molar-refractivity contribution is 5.92. The van der Waals surface area contributed by atoms with Crippen LogP contribution in [0.1, 0.15) is 16.2 Å². The van der Waals surface area contributed by atoms with Crippen LogP contribution in [-0.2, 0) is 11.3 Å². The Morgan fingerprint density at radius 1 is 1.11 bits per heavy atom. The molecule has 28 heavy (non-hydrogen) atoms. The van der Waals surface area contributed by atoms with Crippen LogP contribution in [0.3, 0.4) is 0 Å². The Morgan fingerprint density at radius 2 is 1.82 bits per heavy atom. The van der Waals surface area contributed by atoms with Crippen molar-refractivity contribution in [3.8, 4) is 22.9 Å². The first kappa shape index (κ1) is 19.2. The number of methoxy groups -OCH3 is 1. The van der Waals surface area contributed by atoms with Crippen molar-refractivity contribution >= 4 is 5.97 Å². The predicted molar refractivity (Wildman–Crippen MR) is 88.5 cm³/mol. The van der Waals surface area contributed by atoms with E-state index < -0.39 is 12.3 Å². The van der Waals surface area contributed by atoms with Gasteiger partial charge in [0, 0.05) is 5.56 Å². The SMILES string of the molecule is COc1ccccc1C(=O)OCc1nc(-c2ccc(OC(F)(F)F)cc2)no1. The molecule has 0 N–H and O–H groups in total. The fraction of sp³-hybridized carbons (Fsp3) is 0.167. The average Bonchev–Trinajstić information content (AvgIpc) is 3.14. The highest BCUT2D eigenvalue weighted by Gasteiger charge is 2.31. The van der Waals surface area contributed by atoms with Gasteiger partial charge in [0.2, 0.25) is 5.82 Å². The summed E-state index contributed by atoms with van der Waals surface area (Å²) in [7, 11) is 1.43. The Bertz CT molecular complexity index is 954. The number of para-hydroxylation sites is 1. The first-order valence-electron chi connectivity index (χ1n) is 7.84. The fourth-order valence-electron chi connectivity index (χ4n) is 2.25. The number of carbonyl (C=O) groups excluding carboxylic acids is 1. The van der Waals surface area contributed by atoms with Crippen molar-refractivity contribution in [3.63, 3.8) is 0 Å². The molecule has 0 spiro atoms. The summed E-state index contributed by atoms with van der Waals surface area (Å²) in [5, 5.41) is 3.71. The van der Waals surface area contributed by atoms with Crippen LogP contribution in [0.15, 0.2) is 53.1 Å². The number of nitrogens with zero attached hydrogens (tertiary/aromatic N) is 2. The highest BCUT2D eigenvalue weighted by atomic mass is 19.4. The second kappa shape index (κ2) is 7.99. The molecule has 3 aromatic rings. The summed E-state index contributed by atoms with van der Waals surface area (Å²) in [4.78, 5) is 16.2. The van der Waals surface area contributed by atoms with Gasteiger partial charge in [-0.25, -0.2) is 4.79 Å². The molecule has 10 heteroatoms. The van der Waals surface area contributed by atoms with Gasteiger partial charge in [-0.05, 0) is 36.4 Å². The quantitative estimate of drug-likeness (QED) is 0.584. The van der Waals surface area contributed by atoms with E-state index in [0.717, 1.165) is 12.1 Å². The Balaban J connectivity index is 1.63. The maximum Gasteiger partial charge on any atom is 0.573 e. The van der Waals surface area contributed by atoms with Gasteiger partial charge in [-0.2, -0.15) is 4.98 Å². The molecule has 2 aromatic carbocycles. The second-order valence-corrected chi connectivity index (χ2v) is 5.36. The number of rotatable bonds is 6. The lowest BCUT2D eigenvalue weighted by atomic mass is 10.2. The van der Waals surface area contributed by atoms with Crippen molar-refractivity contribution in [3.05, 3.63) is 60.0 Å². The summed E-state index contributed by atoms with van der Waals surface area (Å²) in [5.74, 6) is -0.493. The van der Waals surface area contributed by atoms with Gasteiger partial charge < -0.3 is 18.7 Å². The largest absolute Gasteiger partial charge is 0.573 e. The van der Waals surface area contributed by atoms with Crippen LogP contribution >= 0.6 is 0 Å². The van der Waals surface area contributed by atoms with Gasteiger partial charge in [0.15, 0.2) is 6.61 Å². The third kappa shape index (κ3) is 4.78. The van der Waals surface area contributed by atoms with E-state index in [9.17, 15) is 18.0 Å². The molecule has 0 saturated carbocycles. The Hall–Kier alpha value is -3.56. The minimum absolute atomic E-state index is 0.0221. The average molecular weight is 394 g/mol. The number of carbonyl (C=O) groups is 1. The maximum absolute atomic E-state index is 12.2. The van der Waals surface area contributed by atoms with E-state index in [1.165, 1.54) is 19.2 Å². The molecule has 1 heterocycles. The standard InChI is InChI=1S/C18H13F3N2O5/c1-25-14-5-3-2-4-13(14)17(24)26-10-15-22-16(23-28-15)11-6-8-12(9-7-11)27-18(19,20)21/h2-9H,10H2,1H3. The van der Waals surface area contributed by atoms with Gasteiger partial charge in [0.1, 0.15) is 17.1 Å². The lowest BCUT2D eigenvalue weighted by Crippen LogP contribution is -2.16. The van der Waals surface area contributed by atoms with Crippen LogP contribution in [0, 0.1) is 0 Å². The summed E-state index contributed by atoms with van der Waals surface area (Å²) in [6, 6.07) is 11.5. The summed E-state index contributed by atoms with van der Waals surface area (Å²) in [6.07, 6.45) is -4.77. The van der Waals surface area contributed by atoms with Crippen molar-refractivity contribution in [2.24, 2.45) is 0 Å². The maximum atomic E-state index is 12.2. The van der Waals surface area contributed by atoms with Gasteiger partial charge >= 0.3 is 12.3 Å². The topological polar surface area (TPSA) is 83.7 Å². The number of aromatic nitrogens is 2. The van der Waals surface area contributed by atoms with Crippen molar-refractivity contribution in [1.82, 2.24) is 10.1 Å². The zero-order valence-corrected chi connectivity index (χ0v) is 14.4. The fourth-order valence-corrected chi connectivity index (χ4v) is 2.25. The van der Waals surface area contributed by atoms with Crippen LogP contribution < -0.4 is 9.47 Å². The van der Waals surface area contributed by atoms with Crippen LogP contribution in [0.4, 0.5) is 13.2 Å². The smallest absolute Gasteiger partial charge is 0.496 e. The number of alkyl halides is 3. The summed E-state index contributed by atoms with van der Waals surface area (Å²) >= 11 is 0. The number of hydrogen-bond acceptors (Lipinski definition) is 7. The molecule has 0 aliphatic heterocycles. The number of benzene rings is 2. The lowest BCUT2D eigenvalue weighted by molar-refractivity contribution is -0.274. The molecule has 0 amide bonds. The molecule has 0 aliphatic rings. The lowest BCUT2D eigenvalue weighted by Gasteiger charge is -2.08. The van der Waals surface area contributed by atoms with Crippen molar-refractivity contribution in [1.29, 1.82) is 0 Å². The number of esters is 1. The van der Waals surface area contributed by atoms with E-state index in [2.05, 4.69) is 14.9 Å². The molecular formula is C18H13F3N2O5. The van der Waals surface area contributed by atoms with Crippen LogP contribution in [-0.4, -0.2) is 29.6 Å². The van der Waals surface area contributed by atoms with Gasteiger partial charge in [0.25, 0.3) is 5.89 Å². The van der Waals surface area contributed by atoms with E-state index in [0.29, 0.717) is 11.3 Å². The van der Waals surface area contributed by atoms with Gasteiger partial charge in [-0.1, -0.05) is 17.3 Å². The second-order valence-electron chi connectivity index (χ2n) is 5.36. The molecule has 0 bridgehead atoms. The molecule has 0 aliphatic carbocycles. The summed E-state index contributed by atoms with van der Waals surface area (Å²) < 4.78 is 55.5. The number of halogens is 3. The molecular weight excluding hydrogens is 381 g/mol. The zero-order chi connectivity index (χ0) is 20.1. The molecule has 3 rings (SSSR count). The molecule has 146 valence electrons. The third-order valence-corrected chi connectivity index (χ3v) is 3.47. The molecule has 0 unspecified atom stereocenters. The Kier molecular flexibility index (Phi) is 5.48. The number of hydrogen-bond donors (Lipinski definition) is 0. The van der Waals surface area contributed by atoms with Gasteiger partial charge in [-0.3, -0.25) is 0 Å². The molecule has 0 radical (unpaired) electrons.